The second-order valence-corrected chi connectivity index (χ2v) is 3.75. The van der Waals surface area contributed by atoms with Gasteiger partial charge in [-0.2, -0.15) is 10.5 Å². The summed E-state index contributed by atoms with van der Waals surface area (Å²) in [5.74, 6) is -0.188. The Kier molecular flexibility index (Phi) is 4.50. The van der Waals surface area contributed by atoms with Crippen molar-refractivity contribution in [1.82, 2.24) is 0 Å². The van der Waals surface area contributed by atoms with E-state index in [-0.39, 0.29) is 11.3 Å². The molecule has 0 unspecified atom stereocenters. The Balaban J connectivity index is 3.12. The van der Waals surface area contributed by atoms with Crippen LogP contribution in [-0.2, 0) is 0 Å². The van der Waals surface area contributed by atoms with Gasteiger partial charge in [-0.05, 0) is 22.0 Å². The van der Waals surface area contributed by atoms with Gasteiger partial charge in [-0.3, -0.25) is 0 Å². The van der Waals surface area contributed by atoms with Gasteiger partial charge >= 0.3 is 0 Å². The minimum absolute atomic E-state index is 0.0942. The molecule has 0 saturated carbocycles. The number of ether oxygens (including phenoxy) is 1. The van der Waals surface area contributed by atoms with Crippen LogP contribution >= 0.6 is 15.9 Å². The number of anilines is 1. The Bertz CT molecular complexity index is 527. The van der Waals surface area contributed by atoms with Crippen LogP contribution in [0.3, 0.4) is 0 Å². The number of hydrogen-bond donors (Lipinski definition) is 1. The van der Waals surface area contributed by atoms with Crippen molar-refractivity contribution < 1.29 is 9.13 Å². The first-order valence-electron chi connectivity index (χ1n) is 4.42. The van der Waals surface area contributed by atoms with Crippen LogP contribution < -0.4 is 10.1 Å². The van der Waals surface area contributed by atoms with Gasteiger partial charge in [0.2, 0.25) is 0 Å². The largest absolute Gasteiger partial charge is 0.494 e. The molecule has 0 saturated heterocycles. The molecule has 0 radical (unpaired) electrons. The Morgan fingerprint density at radius 3 is 2.65 bits per heavy atom. The molecule has 0 atom stereocenters. The van der Waals surface area contributed by atoms with Crippen LogP contribution in [0.25, 0.3) is 0 Å². The van der Waals surface area contributed by atoms with Gasteiger partial charge in [0.05, 0.1) is 12.8 Å². The van der Waals surface area contributed by atoms with Crippen LogP contribution in [0.2, 0.25) is 0 Å². The van der Waals surface area contributed by atoms with E-state index in [1.807, 2.05) is 0 Å². The van der Waals surface area contributed by atoms with E-state index in [1.54, 1.807) is 12.1 Å². The van der Waals surface area contributed by atoms with Crippen LogP contribution in [0.4, 0.5) is 10.1 Å². The number of hydrogen-bond acceptors (Lipinski definition) is 4. The second kappa shape index (κ2) is 5.88. The summed E-state index contributed by atoms with van der Waals surface area (Å²) >= 11 is 3.16. The second-order valence-electron chi connectivity index (χ2n) is 2.89. The van der Waals surface area contributed by atoms with E-state index in [2.05, 4.69) is 21.2 Å². The summed E-state index contributed by atoms with van der Waals surface area (Å²) in [6, 6.07) is 5.84. The standard InChI is InChI=1S/C11H7BrFN3O/c1-17-10-3-8(13)2-9(12)11(10)16-6-7(4-14)5-15/h2-3,6,16H,1H3. The van der Waals surface area contributed by atoms with Crippen molar-refractivity contribution in [2.75, 3.05) is 12.4 Å². The highest BCUT2D eigenvalue weighted by Gasteiger charge is 2.09. The van der Waals surface area contributed by atoms with Gasteiger partial charge in [0, 0.05) is 16.7 Å². The lowest BCUT2D eigenvalue weighted by Crippen LogP contribution is -1.96. The molecule has 0 heterocycles. The molecule has 0 spiro atoms. The Morgan fingerprint density at radius 2 is 2.12 bits per heavy atom. The predicted molar refractivity (Wildman–Crippen MR) is 63.6 cm³/mol. The molecule has 1 aromatic carbocycles. The number of rotatable bonds is 3. The zero-order chi connectivity index (χ0) is 12.8. The van der Waals surface area contributed by atoms with Crippen molar-refractivity contribution in [3.05, 3.63) is 34.2 Å². The van der Waals surface area contributed by atoms with E-state index < -0.39 is 5.82 Å². The van der Waals surface area contributed by atoms with E-state index in [9.17, 15) is 4.39 Å². The molecule has 0 aliphatic carbocycles. The van der Waals surface area contributed by atoms with E-state index in [1.165, 1.54) is 25.4 Å². The maximum atomic E-state index is 13.1. The summed E-state index contributed by atoms with van der Waals surface area (Å²) in [5.41, 5.74) is 0.347. The van der Waals surface area contributed by atoms with E-state index in [4.69, 9.17) is 15.3 Å². The van der Waals surface area contributed by atoms with Crippen LogP contribution in [0, 0.1) is 28.5 Å². The quantitative estimate of drug-likeness (QED) is 0.871. The lowest BCUT2D eigenvalue weighted by molar-refractivity contribution is 0.413. The highest BCUT2D eigenvalue weighted by Crippen LogP contribution is 2.33. The Morgan fingerprint density at radius 1 is 1.47 bits per heavy atom. The fraction of sp³-hybridized carbons (Fsp3) is 0.0909. The molecule has 1 rings (SSSR count). The highest BCUT2D eigenvalue weighted by atomic mass is 79.9. The molecule has 1 N–H and O–H groups in total. The molecule has 0 fully saturated rings. The molecule has 6 heteroatoms. The van der Waals surface area contributed by atoms with Crippen LogP contribution in [0.5, 0.6) is 5.75 Å². The van der Waals surface area contributed by atoms with Crippen molar-refractivity contribution in [3.63, 3.8) is 0 Å². The minimum atomic E-state index is -0.455. The van der Waals surface area contributed by atoms with Gasteiger partial charge in [-0.15, -0.1) is 0 Å². The first-order valence-corrected chi connectivity index (χ1v) is 5.21. The van der Waals surface area contributed by atoms with Gasteiger partial charge in [-0.25, -0.2) is 4.39 Å². The van der Waals surface area contributed by atoms with Gasteiger partial charge in [0.15, 0.2) is 0 Å². The van der Waals surface area contributed by atoms with Crippen molar-refractivity contribution in [3.8, 4) is 17.9 Å². The number of allylic oxidation sites excluding steroid dienone is 1. The third-order valence-electron chi connectivity index (χ3n) is 1.84. The molecular weight excluding hydrogens is 289 g/mol. The number of nitrogens with one attached hydrogen (secondary N) is 1. The van der Waals surface area contributed by atoms with E-state index in [0.29, 0.717) is 10.2 Å². The summed E-state index contributed by atoms with van der Waals surface area (Å²) in [7, 11) is 1.39. The molecular formula is C11H7BrFN3O. The first-order chi connectivity index (χ1) is 8.12. The van der Waals surface area contributed by atoms with Crippen molar-refractivity contribution in [1.29, 1.82) is 10.5 Å². The average Bonchev–Trinajstić information content (AvgIpc) is 2.31. The molecule has 86 valence electrons. The monoisotopic (exact) mass is 295 g/mol. The number of nitriles is 2. The van der Waals surface area contributed by atoms with Crippen molar-refractivity contribution >= 4 is 21.6 Å². The van der Waals surface area contributed by atoms with E-state index >= 15 is 0 Å². The first kappa shape index (κ1) is 13.0. The third kappa shape index (κ3) is 3.20. The van der Waals surface area contributed by atoms with Crippen LogP contribution in [0.15, 0.2) is 28.4 Å². The summed E-state index contributed by atoms with van der Waals surface area (Å²) < 4.78 is 18.5. The summed E-state index contributed by atoms with van der Waals surface area (Å²) in [6.45, 7) is 0. The number of benzene rings is 1. The van der Waals surface area contributed by atoms with Gasteiger partial charge in [0.25, 0.3) is 0 Å². The van der Waals surface area contributed by atoms with Crippen LogP contribution in [0.1, 0.15) is 0 Å². The molecule has 1 aromatic rings. The SMILES string of the molecule is COc1cc(F)cc(Br)c1NC=C(C#N)C#N. The molecule has 0 amide bonds. The molecule has 0 aromatic heterocycles. The fourth-order valence-corrected chi connectivity index (χ4v) is 1.61. The lowest BCUT2D eigenvalue weighted by atomic mass is 10.2. The summed E-state index contributed by atoms with van der Waals surface area (Å²) in [5, 5.41) is 19.8. The third-order valence-corrected chi connectivity index (χ3v) is 2.47. The molecule has 0 aliphatic heterocycles. The van der Waals surface area contributed by atoms with Gasteiger partial charge in [0.1, 0.15) is 29.3 Å². The minimum Gasteiger partial charge on any atom is -0.494 e. The molecule has 0 bridgehead atoms. The fourth-order valence-electron chi connectivity index (χ4n) is 1.08. The molecule has 17 heavy (non-hydrogen) atoms. The zero-order valence-corrected chi connectivity index (χ0v) is 10.4. The summed E-state index contributed by atoms with van der Waals surface area (Å²) in [6.07, 6.45) is 1.22. The molecule has 0 aliphatic rings. The van der Waals surface area contributed by atoms with Crippen molar-refractivity contribution in [2.24, 2.45) is 0 Å². The molecule has 4 nitrogen and oxygen atoms in total. The van der Waals surface area contributed by atoms with Crippen LogP contribution in [-0.4, -0.2) is 7.11 Å². The van der Waals surface area contributed by atoms with Crippen molar-refractivity contribution in [2.45, 2.75) is 0 Å². The lowest BCUT2D eigenvalue weighted by Gasteiger charge is -2.10. The number of halogens is 2. The normalized spacial score (nSPS) is 8.76. The predicted octanol–water partition coefficient (Wildman–Crippen LogP) is 2.94. The maximum absolute atomic E-state index is 13.1. The Hall–Kier alpha value is -2.05. The average molecular weight is 296 g/mol. The topological polar surface area (TPSA) is 68.8 Å². The Labute approximate surface area is 106 Å². The zero-order valence-electron chi connectivity index (χ0n) is 8.79. The number of methoxy groups -OCH3 is 1. The maximum Gasteiger partial charge on any atom is 0.146 e. The van der Waals surface area contributed by atoms with Gasteiger partial charge in [-0.1, -0.05) is 0 Å². The summed E-state index contributed by atoms with van der Waals surface area (Å²) in [4.78, 5) is 0. The smallest absolute Gasteiger partial charge is 0.146 e. The van der Waals surface area contributed by atoms with E-state index in [0.717, 1.165) is 0 Å². The number of nitrogens with zero attached hydrogens (tertiary/aromatic N) is 2. The van der Waals surface area contributed by atoms with Gasteiger partial charge < -0.3 is 10.1 Å². The highest BCUT2D eigenvalue weighted by molar-refractivity contribution is 9.10.